The van der Waals surface area contributed by atoms with E-state index in [1.54, 1.807) is 0 Å². The number of rotatable bonds is 7. The van der Waals surface area contributed by atoms with Crippen LogP contribution in [-0.4, -0.2) is 6.71 Å². The molecule has 0 saturated heterocycles. The van der Waals surface area contributed by atoms with Crippen molar-refractivity contribution < 1.29 is 4.74 Å². The van der Waals surface area contributed by atoms with Crippen LogP contribution in [0.25, 0.3) is 54.6 Å². The van der Waals surface area contributed by atoms with Crippen LogP contribution < -0.4 is 26.0 Å². The summed E-state index contributed by atoms with van der Waals surface area (Å²) >= 11 is 0. The molecule has 1 heterocycles. The van der Waals surface area contributed by atoms with Crippen molar-refractivity contribution in [1.29, 1.82) is 0 Å². The highest BCUT2D eigenvalue weighted by atomic mass is 16.5. The van der Waals surface area contributed by atoms with Crippen LogP contribution in [0.2, 0.25) is 0 Å². The van der Waals surface area contributed by atoms with Gasteiger partial charge in [0.2, 0.25) is 6.71 Å². The summed E-state index contributed by atoms with van der Waals surface area (Å²) in [5, 5.41) is 7.32. The summed E-state index contributed by atoms with van der Waals surface area (Å²) in [6, 6.07) is 75.0. The van der Waals surface area contributed by atoms with Gasteiger partial charge in [0.15, 0.2) is 0 Å². The average molecular weight is 754 g/mol. The molecule has 2 nitrogen and oxygen atoms in total. The minimum Gasteiger partial charge on any atom is -0.456 e. The highest BCUT2D eigenvalue weighted by Crippen LogP contribution is 2.51. The molecule has 0 N–H and O–H groups in total. The van der Waals surface area contributed by atoms with E-state index >= 15 is 0 Å². The summed E-state index contributed by atoms with van der Waals surface area (Å²) in [5.74, 6) is 1.74. The second-order valence-electron chi connectivity index (χ2n) is 15.7. The Kier molecular flexibility index (Phi) is 8.41. The Morgan fingerprint density at radius 2 is 1.02 bits per heavy atom. The summed E-state index contributed by atoms with van der Waals surface area (Å²) < 4.78 is 6.96. The predicted molar refractivity (Wildman–Crippen MR) is 252 cm³/mol. The van der Waals surface area contributed by atoms with Gasteiger partial charge in [0.25, 0.3) is 0 Å². The molecule has 1 aliphatic rings. The maximum atomic E-state index is 6.96. The summed E-state index contributed by atoms with van der Waals surface area (Å²) in [6.07, 6.45) is 0. The van der Waals surface area contributed by atoms with Crippen molar-refractivity contribution in [2.75, 3.05) is 4.90 Å². The van der Waals surface area contributed by atoms with Crippen molar-refractivity contribution in [3.8, 4) is 33.8 Å². The van der Waals surface area contributed by atoms with E-state index in [1.165, 1.54) is 76.8 Å². The number of anilines is 3. The zero-order valence-electron chi connectivity index (χ0n) is 33.1. The normalized spacial score (nSPS) is 11.7. The molecule has 0 spiro atoms. The largest absolute Gasteiger partial charge is 0.456 e. The molecule has 0 radical (unpaired) electrons. The molecule has 3 heteroatoms. The van der Waals surface area contributed by atoms with E-state index in [4.69, 9.17) is 4.74 Å². The standard InChI is InChI=1S/C56H40BNO/c1-37-18-16-19-38(2)56(37)58(41-24-10-5-11-25-41)42-32-33-46-50-35-48-44-27-12-13-28-45(44)52(36-49(48)47-29-17-31-53(55(47)50)59-54(46)34-42)57(40-22-8-4-9-23-40)51-30-15-14-26-43(51)39-20-6-3-7-21-39/h3-36H,1-2H3. The van der Waals surface area contributed by atoms with Crippen LogP contribution in [-0.2, 0) is 0 Å². The number of fused-ring (bicyclic) bond motifs is 6. The van der Waals surface area contributed by atoms with Crippen molar-refractivity contribution in [2.45, 2.75) is 13.8 Å². The molecule has 0 bridgehead atoms. The molecular formula is C56H40BNO. The van der Waals surface area contributed by atoms with Crippen molar-refractivity contribution in [2.24, 2.45) is 0 Å². The number of aryl methyl sites for hydroxylation is 2. The SMILES string of the molecule is Cc1cccc(C)c1N(c1ccccc1)c1ccc2c(c1)Oc1cccc3c1c-2cc1c2ccccc2c(B(c2ccccc2)c2ccccc2-c2ccccc2)cc31. The van der Waals surface area contributed by atoms with Crippen LogP contribution in [0.15, 0.2) is 206 Å². The first kappa shape index (κ1) is 34.9. The molecule has 0 atom stereocenters. The molecule has 0 aromatic heterocycles. The molecule has 10 aromatic rings. The monoisotopic (exact) mass is 753 g/mol. The quantitative estimate of drug-likeness (QED) is 0.119. The van der Waals surface area contributed by atoms with E-state index in [-0.39, 0.29) is 6.71 Å². The first-order chi connectivity index (χ1) is 29.1. The predicted octanol–water partition coefficient (Wildman–Crippen LogP) is 13.2. The van der Waals surface area contributed by atoms with Gasteiger partial charge in [0, 0.05) is 28.4 Å². The molecular weight excluding hydrogens is 713 g/mol. The number of benzene rings is 10. The Labute approximate surface area is 345 Å². The van der Waals surface area contributed by atoms with Gasteiger partial charge in [-0.25, -0.2) is 0 Å². The maximum Gasteiger partial charge on any atom is 0.242 e. The first-order valence-corrected chi connectivity index (χ1v) is 20.5. The Morgan fingerprint density at radius 3 is 1.80 bits per heavy atom. The number of ether oxygens (including phenoxy) is 1. The average Bonchev–Trinajstić information content (AvgIpc) is 3.29. The van der Waals surface area contributed by atoms with Crippen molar-refractivity contribution in [3.63, 3.8) is 0 Å². The minimum atomic E-state index is -0.00688. The fourth-order valence-electron chi connectivity index (χ4n) is 9.61. The molecule has 59 heavy (non-hydrogen) atoms. The second-order valence-corrected chi connectivity index (χ2v) is 15.7. The molecule has 0 saturated carbocycles. The molecule has 0 amide bonds. The molecule has 0 unspecified atom stereocenters. The lowest BCUT2D eigenvalue weighted by molar-refractivity contribution is 0.487. The third-order valence-corrected chi connectivity index (χ3v) is 12.2. The van der Waals surface area contributed by atoms with Gasteiger partial charge >= 0.3 is 0 Å². The first-order valence-electron chi connectivity index (χ1n) is 20.5. The smallest absolute Gasteiger partial charge is 0.242 e. The second kappa shape index (κ2) is 14.2. The highest BCUT2D eigenvalue weighted by Gasteiger charge is 2.29. The summed E-state index contributed by atoms with van der Waals surface area (Å²) in [5.41, 5.74) is 14.4. The molecule has 0 fully saturated rings. The van der Waals surface area contributed by atoms with Crippen molar-refractivity contribution in [1.82, 2.24) is 0 Å². The van der Waals surface area contributed by atoms with E-state index in [1.807, 2.05) is 0 Å². The Hall–Kier alpha value is -7.36. The molecule has 1 aliphatic heterocycles. The minimum absolute atomic E-state index is 0.00688. The third-order valence-electron chi connectivity index (χ3n) is 12.2. The lowest BCUT2D eigenvalue weighted by Crippen LogP contribution is -2.53. The van der Waals surface area contributed by atoms with Crippen LogP contribution >= 0.6 is 0 Å². The van der Waals surface area contributed by atoms with Gasteiger partial charge in [0.1, 0.15) is 11.5 Å². The summed E-state index contributed by atoms with van der Waals surface area (Å²) in [6.45, 7) is 4.37. The number of nitrogens with zero attached hydrogens (tertiary/aromatic N) is 1. The van der Waals surface area contributed by atoms with E-state index < -0.39 is 0 Å². The Balaban J connectivity index is 1.14. The molecule has 10 aromatic carbocycles. The van der Waals surface area contributed by atoms with Crippen LogP contribution in [0.4, 0.5) is 17.1 Å². The van der Waals surface area contributed by atoms with E-state index in [9.17, 15) is 0 Å². The fourth-order valence-corrected chi connectivity index (χ4v) is 9.61. The van der Waals surface area contributed by atoms with Gasteiger partial charge in [-0.15, -0.1) is 0 Å². The highest BCUT2D eigenvalue weighted by molar-refractivity contribution is 6.97. The fraction of sp³-hybridized carbons (Fsp3) is 0.0357. The van der Waals surface area contributed by atoms with Gasteiger partial charge in [-0.3, -0.25) is 0 Å². The topological polar surface area (TPSA) is 12.5 Å². The van der Waals surface area contributed by atoms with Gasteiger partial charge in [-0.1, -0.05) is 180 Å². The zero-order valence-corrected chi connectivity index (χ0v) is 33.1. The molecule has 278 valence electrons. The van der Waals surface area contributed by atoms with Crippen molar-refractivity contribution in [3.05, 3.63) is 217 Å². The van der Waals surface area contributed by atoms with E-state index in [0.717, 1.165) is 33.8 Å². The lowest BCUT2D eigenvalue weighted by Gasteiger charge is -2.30. The zero-order chi connectivity index (χ0) is 39.5. The van der Waals surface area contributed by atoms with Gasteiger partial charge in [0.05, 0.1) is 5.69 Å². The third kappa shape index (κ3) is 5.81. The van der Waals surface area contributed by atoms with Gasteiger partial charge in [-0.2, -0.15) is 0 Å². The van der Waals surface area contributed by atoms with Crippen LogP contribution in [0, 0.1) is 13.8 Å². The Bertz CT molecular complexity index is 3190. The van der Waals surface area contributed by atoms with Gasteiger partial charge < -0.3 is 9.64 Å². The molecule has 11 rings (SSSR count). The Morgan fingerprint density at radius 1 is 0.390 bits per heavy atom. The summed E-state index contributed by atoms with van der Waals surface area (Å²) in [7, 11) is 0. The summed E-state index contributed by atoms with van der Waals surface area (Å²) in [4.78, 5) is 2.36. The number of hydrogen-bond acceptors (Lipinski definition) is 2. The number of para-hydroxylation sites is 2. The maximum absolute atomic E-state index is 6.96. The molecule has 0 aliphatic carbocycles. The van der Waals surface area contributed by atoms with E-state index in [2.05, 4.69) is 225 Å². The van der Waals surface area contributed by atoms with Gasteiger partial charge in [-0.05, 0) is 105 Å². The van der Waals surface area contributed by atoms with Crippen LogP contribution in [0.3, 0.4) is 0 Å². The van der Waals surface area contributed by atoms with Crippen LogP contribution in [0.1, 0.15) is 11.1 Å². The lowest BCUT2D eigenvalue weighted by atomic mass is 9.35. The van der Waals surface area contributed by atoms with E-state index in [0.29, 0.717) is 0 Å². The van der Waals surface area contributed by atoms with Crippen molar-refractivity contribution >= 4 is 72.5 Å². The number of hydrogen-bond donors (Lipinski definition) is 0. The van der Waals surface area contributed by atoms with Crippen LogP contribution in [0.5, 0.6) is 11.5 Å².